The Morgan fingerprint density at radius 2 is 1.76 bits per heavy atom. The van der Waals surface area contributed by atoms with Crippen LogP contribution in [-0.2, 0) is 19.7 Å². The zero-order chi connectivity index (χ0) is 16.3. The molecule has 116 valence electrons. The molecule has 0 aromatic heterocycles. The van der Waals surface area contributed by atoms with Gasteiger partial charge in [-0.05, 0) is 30.7 Å². The van der Waals surface area contributed by atoms with Crippen molar-refractivity contribution in [2.75, 3.05) is 6.61 Å². The predicted octanol–water partition coefficient (Wildman–Crippen LogP) is 3.56. The summed E-state index contributed by atoms with van der Waals surface area (Å²) in [5.74, 6) is -1.88. The van der Waals surface area contributed by atoms with Gasteiger partial charge in [-0.2, -0.15) is 0 Å². The number of carboxylic acid groups (broad SMARTS) is 1. The fourth-order valence-electron chi connectivity index (χ4n) is 2.36. The first kappa shape index (κ1) is 17.7. The van der Waals surface area contributed by atoms with Gasteiger partial charge in [0.2, 0.25) is 0 Å². The third kappa shape index (κ3) is 4.08. The molecule has 0 amide bonds. The van der Waals surface area contributed by atoms with Crippen LogP contribution >= 0.6 is 11.6 Å². The maximum Gasteiger partial charge on any atom is 0.327 e. The quantitative estimate of drug-likeness (QED) is 0.492. The summed E-state index contributed by atoms with van der Waals surface area (Å²) < 4.78 is 5.07. The lowest BCUT2D eigenvalue weighted by atomic mass is 9.82. The summed E-state index contributed by atoms with van der Waals surface area (Å²) in [5, 5.41) is 10.3. The number of carbonyl (C=O) groups is 2. The minimum Gasteiger partial charge on any atom is -0.480 e. The predicted molar refractivity (Wildman–Crippen MR) is 85.6 cm³/mol. The second-order valence-corrected chi connectivity index (χ2v) is 12.1. The first-order valence-corrected chi connectivity index (χ1v) is 10.9. The zero-order valence-corrected chi connectivity index (χ0v) is 14.5. The number of hydrogen-bond donors (Lipinski definition) is 1. The van der Waals surface area contributed by atoms with Crippen LogP contribution in [0.1, 0.15) is 12.5 Å². The number of carboxylic acids is 1. The van der Waals surface area contributed by atoms with Crippen molar-refractivity contribution in [3.8, 4) is 0 Å². The lowest BCUT2D eigenvalue weighted by Crippen LogP contribution is -2.49. The Labute approximate surface area is 131 Å². The number of benzene rings is 1. The average Bonchev–Trinajstić information content (AvgIpc) is 2.35. The maximum absolute atomic E-state index is 12.5. The fraction of sp³-hybridized carbons (Fsp3) is 0.467. The van der Waals surface area contributed by atoms with Gasteiger partial charge in [0.1, 0.15) is 0 Å². The molecule has 1 unspecified atom stereocenters. The molecule has 6 heteroatoms. The van der Waals surface area contributed by atoms with Gasteiger partial charge in [0.25, 0.3) is 0 Å². The van der Waals surface area contributed by atoms with Crippen molar-refractivity contribution in [2.24, 2.45) is 0 Å². The number of aliphatic carboxylic acids is 1. The van der Waals surface area contributed by atoms with Crippen molar-refractivity contribution in [3.05, 3.63) is 34.9 Å². The molecule has 0 bridgehead atoms. The van der Waals surface area contributed by atoms with Crippen LogP contribution in [0.25, 0.3) is 0 Å². The van der Waals surface area contributed by atoms with E-state index in [9.17, 15) is 14.7 Å². The summed E-state index contributed by atoms with van der Waals surface area (Å²) >= 11 is 5.86. The van der Waals surface area contributed by atoms with Crippen LogP contribution in [0.2, 0.25) is 30.7 Å². The topological polar surface area (TPSA) is 63.6 Å². The molecule has 0 aliphatic carbocycles. The molecule has 0 fully saturated rings. The maximum atomic E-state index is 12.5. The number of hydrogen-bond acceptors (Lipinski definition) is 3. The van der Waals surface area contributed by atoms with Crippen molar-refractivity contribution in [1.82, 2.24) is 0 Å². The van der Waals surface area contributed by atoms with Crippen LogP contribution in [0.3, 0.4) is 0 Å². The molecule has 0 aliphatic heterocycles. The largest absolute Gasteiger partial charge is 0.480 e. The van der Waals surface area contributed by atoms with Gasteiger partial charge in [-0.15, -0.1) is 0 Å². The van der Waals surface area contributed by atoms with E-state index in [0.717, 1.165) is 0 Å². The van der Waals surface area contributed by atoms with E-state index >= 15 is 0 Å². The minimum absolute atomic E-state index is 0.146. The summed E-state index contributed by atoms with van der Waals surface area (Å²) in [4.78, 5) is 24.4. The fourth-order valence-corrected chi connectivity index (χ4v) is 4.58. The van der Waals surface area contributed by atoms with Crippen LogP contribution in [0, 0.1) is 0 Å². The molecule has 0 radical (unpaired) electrons. The first-order valence-electron chi connectivity index (χ1n) is 6.80. The molecule has 1 aromatic carbocycles. The number of esters is 1. The summed E-state index contributed by atoms with van der Waals surface area (Å²) in [6.45, 7) is 7.90. The normalized spacial score (nSPS) is 14.3. The molecule has 0 saturated carbocycles. The Bertz CT molecular complexity index is 521. The molecule has 0 heterocycles. The Balaban J connectivity index is 3.47. The lowest BCUT2D eigenvalue weighted by molar-refractivity contribution is -0.160. The molecule has 4 nitrogen and oxygen atoms in total. The van der Waals surface area contributed by atoms with Crippen LogP contribution < -0.4 is 0 Å². The van der Waals surface area contributed by atoms with Crippen LogP contribution in [0.4, 0.5) is 0 Å². The van der Waals surface area contributed by atoms with E-state index in [-0.39, 0.29) is 12.7 Å². The summed E-state index contributed by atoms with van der Waals surface area (Å²) in [6.07, 6.45) is 0. The zero-order valence-electron chi connectivity index (χ0n) is 12.8. The van der Waals surface area contributed by atoms with Crippen molar-refractivity contribution in [2.45, 2.75) is 38.0 Å². The van der Waals surface area contributed by atoms with Gasteiger partial charge >= 0.3 is 11.9 Å². The number of halogens is 1. The molecule has 21 heavy (non-hydrogen) atoms. The standard InChI is InChI=1S/C15H21ClO4Si/c1-5-20-14(19)15(13(17)18,10-21(2,3)4)11-6-8-12(16)9-7-11/h6-9H,5,10H2,1-4H3,(H,17,18). The van der Waals surface area contributed by atoms with E-state index in [4.69, 9.17) is 16.3 Å². The Morgan fingerprint density at radius 3 is 2.14 bits per heavy atom. The van der Waals surface area contributed by atoms with Crippen molar-refractivity contribution >= 4 is 31.6 Å². The van der Waals surface area contributed by atoms with Crippen molar-refractivity contribution in [1.29, 1.82) is 0 Å². The second-order valence-electron chi connectivity index (χ2n) is 6.18. The molecule has 0 spiro atoms. The number of rotatable bonds is 6. The van der Waals surface area contributed by atoms with Gasteiger partial charge < -0.3 is 9.84 Å². The molecule has 1 aromatic rings. The van der Waals surface area contributed by atoms with E-state index < -0.39 is 25.4 Å². The van der Waals surface area contributed by atoms with Gasteiger partial charge in [0.15, 0.2) is 5.41 Å². The van der Waals surface area contributed by atoms with E-state index in [1.807, 2.05) is 19.6 Å². The van der Waals surface area contributed by atoms with Crippen molar-refractivity contribution < 1.29 is 19.4 Å². The molecule has 1 N–H and O–H groups in total. The van der Waals surface area contributed by atoms with Crippen molar-refractivity contribution in [3.63, 3.8) is 0 Å². The SMILES string of the molecule is CCOC(=O)C(C[Si](C)(C)C)(C(=O)O)c1ccc(Cl)cc1. The third-order valence-corrected chi connectivity index (χ3v) is 4.96. The van der Waals surface area contributed by atoms with Gasteiger partial charge in [0, 0.05) is 13.1 Å². The highest BCUT2D eigenvalue weighted by Crippen LogP contribution is 2.36. The van der Waals surface area contributed by atoms with Gasteiger partial charge in [-0.1, -0.05) is 43.4 Å². The molecule has 0 saturated heterocycles. The van der Waals surface area contributed by atoms with E-state index in [1.165, 1.54) is 0 Å². The highest BCUT2D eigenvalue weighted by Gasteiger charge is 2.51. The van der Waals surface area contributed by atoms with E-state index in [2.05, 4.69) is 0 Å². The molecular formula is C15H21ClO4Si. The summed E-state index contributed by atoms with van der Waals surface area (Å²) in [5.41, 5.74) is -1.24. The number of ether oxygens (including phenoxy) is 1. The molecular weight excluding hydrogens is 308 g/mol. The minimum atomic E-state index is -1.86. The summed E-state index contributed by atoms with van der Waals surface area (Å²) in [7, 11) is -1.86. The van der Waals surface area contributed by atoms with E-state index in [0.29, 0.717) is 10.6 Å². The molecule has 0 aliphatic rings. The monoisotopic (exact) mass is 328 g/mol. The third-order valence-electron chi connectivity index (χ3n) is 3.12. The Hall–Kier alpha value is -1.33. The van der Waals surface area contributed by atoms with Crippen LogP contribution in [0.5, 0.6) is 0 Å². The van der Waals surface area contributed by atoms with Gasteiger partial charge in [-0.25, -0.2) is 0 Å². The molecule has 1 atom stereocenters. The van der Waals surface area contributed by atoms with Crippen LogP contribution in [-0.4, -0.2) is 31.7 Å². The first-order chi connectivity index (χ1) is 9.63. The Kier molecular flexibility index (Phi) is 5.59. The van der Waals surface area contributed by atoms with Gasteiger partial charge in [-0.3, -0.25) is 9.59 Å². The smallest absolute Gasteiger partial charge is 0.327 e. The van der Waals surface area contributed by atoms with E-state index in [1.54, 1.807) is 31.2 Å². The Morgan fingerprint density at radius 1 is 1.24 bits per heavy atom. The second kappa shape index (κ2) is 6.62. The van der Waals surface area contributed by atoms with Gasteiger partial charge in [0.05, 0.1) is 6.61 Å². The highest BCUT2D eigenvalue weighted by molar-refractivity contribution is 6.77. The summed E-state index contributed by atoms with van der Waals surface area (Å²) in [6, 6.07) is 6.65. The highest BCUT2D eigenvalue weighted by atomic mass is 35.5. The average molecular weight is 329 g/mol. The number of carbonyl (C=O) groups excluding carboxylic acids is 1. The lowest BCUT2D eigenvalue weighted by Gasteiger charge is -2.32. The van der Waals surface area contributed by atoms with Crippen LogP contribution in [0.15, 0.2) is 24.3 Å². The molecule has 1 rings (SSSR count).